The molecule has 1 aromatic carbocycles. The highest BCUT2D eigenvalue weighted by atomic mass is 19.1. The third kappa shape index (κ3) is 3.08. The summed E-state index contributed by atoms with van der Waals surface area (Å²) in [5.74, 6) is 0.974. The van der Waals surface area contributed by atoms with Crippen LogP contribution in [0.5, 0.6) is 5.75 Å². The molecule has 2 aromatic rings. The highest BCUT2D eigenvalue weighted by Gasteiger charge is 2.08. The van der Waals surface area contributed by atoms with Crippen molar-refractivity contribution in [2.45, 2.75) is 6.92 Å². The van der Waals surface area contributed by atoms with Gasteiger partial charge in [0, 0.05) is 0 Å². The van der Waals surface area contributed by atoms with Crippen molar-refractivity contribution in [2.24, 2.45) is 0 Å². The van der Waals surface area contributed by atoms with E-state index in [1.54, 1.807) is 32.2 Å². The second-order valence-corrected chi connectivity index (χ2v) is 4.19. The predicted octanol–water partition coefficient (Wildman–Crippen LogP) is 1.51. The maximum atomic E-state index is 12.2. The van der Waals surface area contributed by atoms with E-state index in [4.69, 9.17) is 4.74 Å². The first kappa shape index (κ1) is 14.7. The van der Waals surface area contributed by atoms with Crippen LogP contribution < -0.4 is 20.9 Å². The zero-order chi connectivity index (χ0) is 15.2. The molecule has 108 valence electrons. The van der Waals surface area contributed by atoms with Crippen LogP contribution in [0.25, 0.3) is 23.5 Å². The Bertz CT molecular complexity index is 838. The Morgan fingerprint density at radius 2 is 2.10 bits per heavy atom. The van der Waals surface area contributed by atoms with Crippen molar-refractivity contribution in [3.05, 3.63) is 57.6 Å². The first-order chi connectivity index (χ1) is 10.2. The number of allylic oxidation sites excluding steroid dienone is 1. The number of H-pyrrole nitrogens is 1. The van der Waals surface area contributed by atoms with Gasteiger partial charge < -0.3 is 9.72 Å². The first-order valence-corrected chi connectivity index (χ1v) is 6.38. The van der Waals surface area contributed by atoms with Gasteiger partial charge in [-0.15, -0.1) is 0 Å². The Morgan fingerprint density at radius 1 is 1.33 bits per heavy atom. The minimum absolute atomic E-state index is 0.285. The third-order valence-corrected chi connectivity index (χ3v) is 2.96. The van der Waals surface area contributed by atoms with Gasteiger partial charge in [-0.3, -0.25) is 4.79 Å². The number of hydrogen-bond donors (Lipinski definition) is 1. The zero-order valence-corrected chi connectivity index (χ0v) is 11.8. The first-order valence-electron chi connectivity index (χ1n) is 6.38. The predicted molar refractivity (Wildman–Crippen MR) is 80.9 cm³/mol. The number of ether oxygens (including phenoxy) is 1. The van der Waals surface area contributed by atoms with Gasteiger partial charge in [0.1, 0.15) is 11.6 Å². The summed E-state index contributed by atoms with van der Waals surface area (Å²) >= 11 is 0. The Balaban J connectivity index is 2.79. The average Bonchev–Trinajstić information content (AvgIpc) is 2.52. The van der Waals surface area contributed by atoms with E-state index in [1.165, 1.54) is 12.2 Å². The van der Waals surface area contributed by atoms with E-state index in [2.05, 4.69) is 9.97 Å². The van der Waals surface area contributed by atoms with Crippen molar-refractivity contribution in [2.75, 3.05) is 7.11 Å². The van der Waals surface area contributed by atoms with E-state index in [0.29, 0.717) is 34.0 Å². The van der Waals surface area contributed by atoms with Gasteiger partial charge in [0.25, 0.3) is 5.56 Å². The minimum Gasteiger partial charge on any atom is -0.496 e. The molecule has 0 atom stereocenters. The molecule has 1 heterocycles. The molecule has 0 bridgehead atoms. The number of aromatic amines is 1. The molecular weight excluding hydrogens is 271 g/mol. The van der Waals surface area contributed by atoms with E-state index < -0.39 is 0 Å². The Morgan fingerprint density at radius 3 is 2.76 bits per heavy atom. The van der Waals surface area contributed by atoms with Crippen LogP contribution in [0, 0.1) is 0 Å². The summed E-state index contributed by atoms with van der Waals surface area (Å²) in [6.45, 7) is 1.73. The van der Waals surface area contributed by atoms with Gasteiger partial charge in [0.05, 0.1) is 29.6 Å². The van der Waals surface area contributed by atoms with Crippen LogP contribution in [0.1, 0.15) is 6.92 Å². The molecule has 0 unspecified atom stereocenters. The molecule has 0 aliphatic carbocycles. The molecule has 21 heavy (non-hydrogen) atoms. The molecular formula is C16H15FN2O2. The summed E-state index contributed by atoms with van der Waals surface area (Å²) in [6, 6.07) is 7.22. The largest absolute Gasteiger partial charge is 0.496 e. The standard InChI is InChI=1S/C16H15FN2O2/c1-3-11-13(8-6-10-17)18-15(19-16(11)20)12-7-4-5-9-14(12)21-2/h3-10H,1-2H3,(H,18,19,20)/b10-6+,11-3+,13-8+. The van der Waals surface area contributed by atoms with E-state index in [0.717, 1.165) is 0 Å². The van der Waals surface area contributed by atoms with Crippen LogP contribution in [0.15, 0.2) is 41.5 Å². The van der Waals surface area contributed by atoms with Crippen LogP contribution in [0.4, 0.5) is 4.39 Å². The normalized spacial score (nSPS) is 13.1. The van der Waals surface area contributed by atoms with Gasteiger partial charge >= 0.3 is 0 Å². The summed E-state index contributed by atoms with van der Waals surface area (Å²) in [7, 11) is 1.55. The lowest BCUT2D eigenvalue weighted by Gasteiger charge is -2.07. The molecule has 0 spiro atoms. The second-order valence-electron chi connectivity index (χ2n) is 4.19. The molecule has 0 saturated carbocycles. The number of rotatable bonds is 3. The number of halogens is 1. The summed E-state index contributed by atoms with van der Waals surface area (Å²) in [5.41, 5.74) is 0.380. The van der Waals surface area contributed by atoms with Gasteiger partial charge in [-0.25, -0.2) is 9.37 Å². The number of aromatic nitrogens is 2. The molecule has 0 saturated heterocycles. The third-order valence-electron chi connectivity index (χ3n) is 2.96. The lowest BCUT2D eigenvalue weighted by atomic mass is 10.2. The maximum Gasteiger partial charge on any atom is 0.258 e. The number of nitrogens with zero attached hydrogens (tertiary/aromatic N) is 1. The molecule has 2 rings (SSSR count). The second kappa shape index (κ2) is 6.65. The minimum atomic E-state index is -0.285. The number of nitrogens with one attached hydrogen (secondary N) is 1. The smallest absolute Gasteiger partial charge is 0.258 e. The summed E-state index contributed by atoms with van der Waals surface area (Å²) in [5, 5.41) is 0.794. The maximum absolute atomic E-state index is 12.2. The van der Waals surface area contributed by atoms with Crippen molar-refractivity contribution in [3.8, 4) is 17.1 Å². The van der Waals surface area contributed by atoms with E-state index >= 15 is 0 Å². The Hall–Kier alpha value is -2.69. The van der Waals surface area contributed by atoms with Crippen LogP contribution in [0.2, 0.25) is 0 Å². The monoisotopic (exact) mass is 286 g/mol. The Labute approximate surface area is 120 Å². The van der Waals surface area contributed by atoms with Crippen molar-refractivity contribution in [1.29, 1.82) is 0 Å². The van der Waals surface area contributed by atoms with Gasteiger partial charge in [-0.2, -0.15) is 0 Å². The highest BCUT2D eigenvalue weighted by molar-refractivity contribution is 5.63. The van der Waals surface area contributed by atoms with Crippen LogP contribution >= 0.6 is 0 Å². The lowest BCUT2D eigenvalue weighted by Crippen LogP contribution is -2.43. The van der Waals surface area contributed by atoms with E-state index in [1.807, 2.05) is 12.1 Å². The molecule has 1 N–H and O–H groups in total. The SMILES string of the molecule is C/C=c1/c(=O)[nH]c(-c2ccccc2OC)n/c1=C/C=C/F. The average molecular weight is 286 g/mol. The molecule has 5 heteroatoms. The fourth-order valence-electron chi connectivity index (χ4n) is 2.00. The van der Waals surface area contributed by atoms with Crippen molar-refractivity contribution < 1.29 is 9.13 Å². The molecule has 0 amide bonds. The van der Waals surface area contributed by atoms with Gasteiger partial charge in [-0.1, -0.05) is 18.2 Å². The van der Waals surface area contributed by atoms with Crippen molar-refractivity contribution >= 4 is 12.2 Å². The molecule has 0 radical (unpaired) electrons. The van der Waals surface area contributed by atoms with Gasteiger partial charge in [0.15, 0.2) is 0 Å². The lowest BCUT2D eigenvalue weighted by molar-refractivity contribution is 0.416. The van der Waals surface area contributed by atoms with Crippen LogP contribution in [0.3, 0.4) is 0 Å². The fraction of sp³-hybridized carbons (Fsp3) is 0.125. The topological polar surface area (TPSA) is 55.0 Å². The fourth-order valence-corrected chi connectivity index (χ4v) is 2.00. The van der Waals surface area contributed by atoms with E-state index in [9.17, 15) is 9.18 Å². The molecule has 0 aliphatic heterocycles. The molecule has 0 fully saturated rings. The summed E-state index contributed by atoms with van der Waals surface area (Å²) < 4.78 is 17.5. The number of methoxy groups -OCH3 is 1. The zero-order valence-electron chi connectivity index (χ0n) is 11.8. The Kier molecular flexibility index (Phi) is 4.66. The van der Waals surface area contributed by atoms with Crippen LogP contribution in [-0.4, -0.2) is 17.1 Å². The van der Waals surface area contributed by atoms with Crippen LogP contribution in [-0.2, 0) is 0 Å². The number of para-hydroxylation sites is 1. The highest BCUT2D eigenvalue weighted by Crippen LogP contribution is 2.24. The summed E-state index contributed by atoms with van der Waals surface area (Å²) in [6.07, 6.45) is 4.67. The van der Waals surface area contributed by atoms with Crippen molar-refractivity contribution in [3.63, 3.8) is 0 Å². The van der Waals surface area contributed by atoms with Gasteiger partial charge in [-0.05, 0) is 31.2 Å². The summed E-state index contributed by atoms with van der Waals surface area (Å²) in [4.78, 5) is 19.2. The molecule has 1 aromatic heterocycles. The number of benzene rings is 1. The van der Waals surface area contributed by atoms with E-state index in [-0.39, 0.29) is 5.56 Å². The quantitative estimate of drug-likeness (QED) is 0.930. The number of hydrogen-bond acceptors (Lipinski definition) is 3. The molecule has 0 aliphatic rings. The van der Waals surface area contributed by atoms with Gasteiger partial charge in [0.2, 0.25) is 0 Å². The molecule has 4 nitrogen and oxygen atoms in total. The van der Waals surface area contributed by atoms with Crippen molar-refractivity contribution in [1.82, 2.24) is 9.97 Å².